The number of anilines is 2. The minimum Gasteiger partial charge on any atom is -0.434 e. The van der Waals surface area contributed by atoms with Crippen molar-refractivity contribution in [2.75, 3.05) is 30.4 Å². The molecule has 2 heterocycles. The van der Waals surface area contributed by atoms with Gasteiger partial charge in [-0.05, 0) is 12.1 Å². The van der Waals surface area contributed by atoms with E-state index in [0.717, 1.165) is 21.9 Å². The number of nitrogens with zero attached hydrogens (tertiary/aromatic N) is 2. The molecular weight excluding hydrogens is 343 g/mol. The van der Waals surface area contributed by atoms with Crippen LogP contribution in [-0.2, 0) is 20.2 Å². The molecule has 0 aromatic heterocycles. The Kier molecular flexibility index (Phi) is 3.85. The van der Waals surface area contributed by atoms with Crippen molar-refractivity contribution in [3.63, 3.8) is 0 Å². The number of likely N-dealkylation sites (N-methyl/N-ethyl adjacent to an activating group) is 1. The minimum absolute atomic E-state index is 0.171. The molecule has 1 saturated heterocycles. The van der Waals surface area contributed by atoms with E-state index >= 15 is 0 Å². The Bertz CT molecular complexity index is 784. The van der Waals surface area contributed by atoms with Gasteiger partial charge in [0, 0.05) is 14.1 Å². The summed E-state index contributed by atoms with van der Waals surface area (Å²) in [6.45, 7) is -0.239. The third-order valence-electron chi connectivity index (χ3n) is 4.19. The van der Waals surface area contributed by atoms with Crippen LogP contribution >= 0.6 is 0 Å². The maximum absolute atomic E-state index is 14.4. The van der Waals surface area contributed by atoms with Gasteiger partial charge in [0.1, 0.15) is 5.82 Å². The smallest absolute Gasteiger partial charge is 0.415 e. The number of hydrogen-bond donors (Lipinski definition) is 1. The largest absolute Gasteiger partial charge is 0.434 e. The normalized spacial score (nSPS) is 21.9. The summed E-state index contributed by atoms with van der Waals surface area (Å²) < 4.78 is 47.7. The SMILES string of the molecule is CNC(=O)[C@H]1CN(c2cc(F)c3c(c2)C(F)(F)CC(=O)N3C)C(=O)O1. The lowest BCUT2D eigenvalue weighted by atomic mass is 9.96. The Morgan fingerprint density at radius 3 is 2.68 bits per heavy atom. The van der Waals surface area contributed by atoms with Crippen LogP contribution in [0.5, 0.6) is 0 Å². The number of alkyl halides is 2. The topological polar surface area (TPSA) is 79.0 Å². The van der Waals surface area contributed by atoms with E-state index in [1.54, 1.807) is 0 Å². The van der Waals surface area contributed by atoms with Crippen LogP contribution in [0.3, 0.4) is 0 Å². The van der Waals surface area contributed by atoms with Gasteiger partial charge >= 0.3 is 6.09 Å². The second-order valence-electron chi connectivity index (χ2n) is 5.75. The average molecular weight is 357 g/mol. The molecule has 1 atom stereocenters. The van der Waals surface area contributed by atoms with Crippen molar-refractivity contribution < 1.29 is 32.3 Å². The van der Waals surface area contributed by atoms with Crippen molar-refractivity contribution in [2.45, 2.75) is 18.4 Å². The first-order valence-corrected chi connectivity index (χ1v) is 7.34. The molecule has 0 radical (unpaired) electrons. The highest BCUT2D eigenvalue weighted by molar-refractivity contribution is 5.99. The van der Waals surface area contributed by atoms with Gasteiger partial charge in [0.05, 0.1) is 29.9 Å². The van der Waals surface area contributed by atoms with Crippen LogP contribution in [0.4, 0.5) is 29.3 Å². The van der Waals surface area contributed by atoms with E-state index in [9.17, 15) is 27.6 Å². The molecule has 7 nitrogen and oxygen atoms in total. The number of carbonyl (C=O) groups is 3. The predicted molar refractivity (Wildman–Crippen MR) is 80.0 cm³/mol. The van der Waals surface area contributed by atoms with Crippen molar-refractivity contribution in [2.24, 2.45) is 0 Å². The molecule has 3 amide bonds. The molecule has 25 heavy (non-hydrogen) atoms. The second-order valence-corrected chi connectivity index (χ2v) is 5.75. The zero-order valence-electron chi connectivity index (χ0n) is 13.3. The summed E-state index contributed by atoms with van der Waals surface area (Å²) in [6.07, 6.45) is -3.16. The molecular formula is C15H14F3N3O4. The Morgan fingerprint density at radius 1 is 1.36 bits per heavy atom. The molecule has 3 rings (SSSR count). The van der Waals surface area contributed by atoms with Gasteiger partial charge in [0.25, 0.3) is 11.8 Å². The lowest BCUT2D eigenvalue weighted by Crippen LogP contribution is -2.39. The molecule has 10 heteroatoms. The van der Waals surface area contributed by atoms with Crippen molar-refractivity contribution in [1.82, 2.24) is 5.32 Å². The first-order chi connectivity index (χ1) is 11.7. The number of rotatable bonds is 2. The van der Waals surface area contributed by atoms with E-state index < -0.39 is 53.4 Å². The van der Waals surface area contributed by atoms with Gasteiger partial charge in [-0.15, -0.1) is 0 Å². The first kappa shape index (κ1) is 17.1. The van der Waals surface area contributed by atoms with E-state index in [0.29, 0.717) is 0 Å². The third kappa shape index (κ3) is 2.67. The quantitative estimate of drug-likeness (QED) is 0.867. The zero-order chi connectivity index (χ0) is 18.5. The molecule has 2 aliphatic rings. The molecule has 1 fully saturated rings. The van der Waals surface area contributed by atoms with Crippen molar-refractivity contribution in [1.29, 1.82) is 0 Å². The van der Waals surface area contributed by atoms with Crippen LogP contribution in [0.2, 0.25) is 0 Å². The molecule has 1 aromatic rings. The monoisotopic (exact) mass is 357 g/mol. The van der Waals surface area contributed by atoms with Crippen LogP contribution < -0.4 is 15.1 Å². The predicted octanol–water partition coefficient (Wildman–Crippen LogP) is 1.36. The Balaban J connectivity index is 2.03. The number of halogens is 3. The van der Waals surface area contributed by atoms with E-state index in [4.69, 9.17) is 4.74 Å². The van der Waals surface area contributed by atoms with Crippen molar-refractivity contribution in [3.05, 3.63) is 23.5 Å². The number of cyclic esters (lactones) is 1. The van der Waals surface area contributed by atoms with Crippen molar-refractivity contribution in [3.8, 4) is 0 Å². The molecule has 1 N–H and O–H groups in total. The van der Waals surface area contributed by atoms with Crippen LogP contribution in [-0.4, -0.2) is 44.7 Å². The fraction of sp³-hybridized carbons (Fsp3) is 0.400. The highest BCUT2D eigenvalue weighted by Gasteiger charge is 2.46. The summed E-state index contributed by atoms with van der Waals surface area (Å²) in [5.74, 6) is -6.12. The standard InChI is InChI=1S/C15H14F3N3O4/c1-19-13(23)10-6-21(14(24)25-10)7-3-8-12(9(16)4-7)20(2)11(22)5-15(8,17)18/h3-4,10H,5-6H2,1-2H3,(H,19,23)/t10-/m1/s1. The Morgan fingerprint density at radius 2 is 2.04 bits per heavy atom. The number of amides is 3. The highest BCUT2D eigenvalue weighted by atomic mass is 19.3. The number of fused-ring (bicyclic) bond motifs is 1. The van der Waals surface area contributed by atoms with Gasteiger partial charge in [-0.3, -0.25) is 14.5 Å². The number of ether oxygens (including phenoxy) is 1. The highest BCUT2D eigenvalue weighted by Crippen LogP contribution is 2.45. The summed E-state index contributed by atoms with van der Waals surface area (Å²) in [6, 6.07) is 1.80. The van der Waals surface area contributed by atoms with Crippen LogP contribution in [0.15, 0.2) is 12.1 Å². The summed E-state index contributed by atoms with van der Waals surface area (Å²) in [5.41, 5.74) is -1.39. The molecule has 0 aliphatic carbocycles. The summed E-state index contributed by atoms with van der Waals surface area (Å²) >= 11 is 0. The number of hydrogen-bond acceptors (Lipinski definition) is 4. The number of carbonyl (C=O) groups excluding carboxylic acids is 3. The summed E-state index contributed by atoms with van der Waals surface area (Å²) in [7, 11) is 2.55. The van der Waals surface area contributed by atoms with E-state index in [1.165, 1.54) is 14.1 Å². The van der Waals surface area contributed by atoms with E-state index in [-0.39, 0.29) is 12.2 Å². The van der Waals surface area contributed by atoms with Crippen LogP contribution in [0, 0.1) is 5.82 Å². The van der Waals surface area contributed by atoms with Gasteiger partial charge in [-0.2, -0.15) is 0 Å². The summed E-state index contributed by atoms with van der Waals surface area (Å²) in [4.78, 5) is 36.8. The third-order valence-corrected chi connectivity index (χ3v) is 4.19. The fourth-order valence-corrected chi connectivity index (χ4v) is 2.86. The van der Waals surface area contributed by atoms with Crippen LogP contribution in [0.1, 0.15) is 12.0 Å². The minimum atomic E-state index is -3.57. The number of benzene rings is 1. The first-order valence-electron chi connectivity index (χ1n) is 7.34. The molecule has 0 spiro atoms. The fourth-order valence-electron chi connectivity index (χ4n) is 2.86. The average Bonchev–Trinajstić information content (AvgIpc) is 2.93. The molecule has 0 unspecified atom stereocenters. The molecule has 1 aromatic carbocycles. The molecule has 0 saturated carbocycles. The summed E-state index contributed by atoms with van der Waals surface area (Å²) in [5, 5.41) is 2.30. The van der Waals surface area contributed by atoms with Gasteiger partial charge in [-0.1, -0.05) is 0 Å². The van der Waals surface area contributed by atoms with Gasteiger partial charge < -0.3 is 15.0 Å². The zero-order valence-corrected chi connectivity index (χ0v) is 13.3. The van der Waals surface area contributed by atoms with Gasteiger partial charge in [0.15, 0.2) is 6.10 Å². The van der Waals surface area contributed by atoms with E-state index in [1.807, 2.05) is 0 Å². The number of nitrogens with one attached hydrogen (secondary N) is 1. The Labute approximate surface area is 140 Å². The van der Waals surface area contributed by atoms with E-state index in [2.05, 4.69) is 5.32 Å². The maximum Gasteiger partial charge on any atom is 0.415 e. The maximum atomic E-state index is 14.4. The molecule has 134 valence electrons. The lowest BCUT2D eigenvalue weighted by Gasteiger charge is -2.32. The Hall–Kier alpha value is -2.78. The lowest BCUT2D eigenvalue weighted by molar-refractivity contribution is -0.128. The second kappa shape index (κ2) is 5.64. The van der Waals surface area contributed by atoms with Crippen molar-refractivity contribution >= 4 is 29.3 Å². The van der Waals surface area contributed by atoms with Crippen LogP contribution in [0.25, 0.3) is 0 Å². The van der Waals surface area contributed by atoms with Gasteiger partial charge in [0.2, 0.25) is 5.91 Å². The molecule has 2 aliphatic heterocycles. The molecule has 0 bridgehead atoms. The van der Waals surface area contributed by atoms with Gasteiger partial charge in [-0.25, -0.2) is 18.0 Å².